The second kappa shape index (κ2) is 6.53. The van der Waals surface area contributed by atoms with Gasteiger partial charge < -0.3 is 15.2 Å². The fraction of sp³-hybridized carbons (Fsp3) is 0.800. The number of nitrogens with two attached hydrogens (primary N) is 1. The Morgan fingerprint density at radius 1 is 1.47 bits per heavy atom. The van der Waals surface area contributed by atoms with Crippen molar-refractivity contribution in [2.45, 2.75) is 39.7 Å². The quantitative estimate of drug-likeness (QED) is 0.854. The monoisotopic (exact) mass is 264 g/mol. The van der Waals surface area contributed by atoms with E-state index in [9.17, 15) is 0 Å². The smallest absolute Gasteiger partial charge is 0.0948 e. The molecule has 1 aliphatic heterocycles. The molecule has 2 atom stereocenters. The Balaban J connectivity index is 2.03. The number of likely N-dealkylation sites (tertiary alicyclic amines) is 1. The Labute approximate surface area is 117 Å². The Morgan fingerprint density at radius 3 is 2.84 bits per heavy atom. The molecule has 2 N–H and O–H groups in total. The molecule has 0 radical (unpaired) electrons. The number of hydrogen-bond donors (Lipinski definition) is 1. The summed E-state index contributed by atoms with van der Waals surface area (Å²) in [5.41, 5.74) is 7.25. The number of nitrogens with zero attached hydrogens (tertiary/aromatic N) is 3. The summed E-state index contributed by atoms with van der Waals surface area (Å²) in [7, 11) is 0. The van der Waals surface area contributed by atoms with Gasteiger partial charge in [-0.05, 0) is 31.3 Å². The SMILES string of the molecule is CCN1CCC(Cn2cncc2C(CN)C(C)C)C1. The summed E-state index contributed by atoms with van der Waals surface area (Å²) in [4.78, 5) is 6.88. The van der Waals surface area contributed by atoms with Gasteiger partial charge in [-0.25, -0.2) is 4.98 Å². The van der Waals surface area contributed by atoms with Crippen molar-refractivity contribution in [3.8, 4) is 0 Å². The average Bonchev–Trinajstić information content (AvgIpc) is 3.00. The maximum atomic E-state index is 5.94. The summed E-state index contributed by atoms with van der Waals surface area (Å²) in [5.74, 6) is 1.75. The van der Waals surface area contributed by atoms with E-state index in [0.717, 1.165) is 12.5 Å². The minimum absolute atomic E-state index is 0.422. The molecule has 1 aromatic heterocycles. The normalized spacial score (nSPS) is 22.3. The van der Waals surface area contributed by atoms with Gasteiger partial charge in [-0.3, -0.25) is 0 Å². The summed E-state index contributed by atoms with van der Waals surface area (Å²) < 4.78 is 2.33. The van der Waals surface area contributed by atoms with Crippen molar-refractivity contribution in [3.63, 3.8) is 0 Å². The molecule has 0 saturated carbocycles. The third-order valence-corrected chi connectivity index (χ3v) is 4.46. The molecule has 0 spiro atoms. The molecule has 2 rings (SSSR count). The molecule has 0 amide bonds. The van der Waals surface area contributed by atoms with Gasteiger partial charge in [0.2, 0.25) is 0 Å². The highest BCUT2D eigenvalue weighted by Crippen LogP contribution is 2.25. The van der Waals surface area contributed by atoms with E-state index < -0.39 is 0 Å². The molecule has 1 saturated heterocycles. The molecule has 1 fully saturated rings. The zero-order valence-electron chi connectivity index (χ0n) is 12.5. The van der Waals surface area contributed by atoms with Crippen molar-refractivity contribution < 1.29 is 0 Å². The average molecular weight is 264 g/mol. The van der Waals surface area contributed by atoms with Crippen molar-refractivity contribution in [3.05, 3.63) is 18.2 Å². The molecular formula is C15H28N4. The van der Waals surface area contributed by atoms with Crippen LogP contribution in [0.5, 0.6) is 0 Å². The van der Waals surface area contributed by atoms with Crippen LogP contribution in [0.3, 0.4) is 0 Å². The first kappa shape index (κ1) is 14.5. The maximum Gasteiger partial charge on any atom is 0.0948 e. The summed E-state index contributed by atoms with van der Waals surface area (Å²) in [5, 5.41) is 0. The van der Waals surface area contributed by atoms with Crippen molar-refractivity contribution in [2.24, 2.45) is 17.6 Å². The Morgan fingerprint density at radius 2 is 2.26 bits per heavy atom. The van der Waals surface area contributed by atoms with Crippen LogP contribution < -0.4 is 5.73 Å². The predicted molar refractivity (Wildman–Crippen MR) is 79.1 cm³/mol. The zero-order valence-corrected chi connectivity index (χ0v) is 12.5. The highest BCUT2D eigenvalue weighted by molar-refractivity contribution is 5.08. The first-order valence-electron chi connectivity index (χ1n) is 7.58. The predicted octanol–water partition coefficient (Wildman–Crippen LogP) is 1.92. The fourth-order valence-corrected chi connectivity index (χ4v) is 3.15. The lowest BCUT2D eigenvalue weighted by Crippen LogP contribution is -2.24. The van der Waals surface area contributed by atoms with Gasteiger partial charge in [0.15, 0.2) is 0 Å². The topological polar surface area (TPSA) is 47.1 Å². The van der Waals surface area contributed by atoms with Gasteiger partial charge in [0, 0.05) is 37.4 Å². The van der Waals surface area contributed by atoms with E-state index in [1.54, 1.807) is 0 Å². The molecule has 1 aromatic rings. The van der Waals surface area contributed by atoms with Gasteiger partial charge in [0.1, 0.15) is 0 Å². The molecule has 4 nitrogen and oxygen atoms in total. The van der Waals surface area contributed by atoms with Gasteiger partial charge >= 0.3 is 0 Å². The molecule has 4 heteroatoms. The molecule has 1 aliphatic rings. The molecular weight excluding hydrogens is 236 g/mol. The van der Waals surface area contributed by atoms with Gasteiger partial charge in [0.05, 0.1) is 6.33 Å². The summed E-state index contributed by atoms with van der Waals surface area (Å²) in [6.45, 7) is 12.2. The maximum absolute atomic E-state index is 5.94. The molecule has 0 bridgehead atoms. The van der Waals surface area contributed by atoms with E-state index >= 15 is 0 Å². The van der Waals surface area contributed by atoms with E-state index in [0.29, 0.717) is 18.4 Å². The number of hydrogen-bond acceptors (Lipinski definition) is 3. The van der Waals surface area contributed by atoms with Gasteiger partial charge in [-0.2, -0.15) is 0 Å². The van der Waals surface area contributed by atoms with E-state index in [2.05, 4.69) is 35.2 Å². The van der Waals surface area contributed by atoms with Crippen molar-refractivity contribution in [2.75, 3.05) is 26.2 Å². The van der Waals surface area contributed by atoms with E-state index in [1.807, 2.05) is 12.5 Å². The van der Waals surface area contributed by atoms with Crippen molar-refractivity contribution in [1.29, 1.82) is 0 Å². The molecule has 0 aromatic carbocycles. The molecule has 108 valence electrons. The lowest BCUT2D eigenvalue weighted by Gasteiger charge is -2.22. The Bertz CT molecular complexity index is 385. The van der Waals surface area contributed by atoms with Crippen LogP contribution in [-0.2, 0) is 6.54 Å². The zero-order chi connectivity index (χ0) is 13.8. The Hall–Kier alpha value is -0.870. The van der Waals surface area contributed by atoms with Gasteiger partial charge in [0.25, 0.3) is 0 Å². The molecule has 2 heterocycles. The van der Waals surface area contributed by atoms with Crippen LogP contribution in [0, 0.1) is 11.8 Å². The van der Waals surface area contributed by atoms with Crippen LogP contribution in [0.2, 0.25) is 0 Å². The van der Waals surface area contributed by atoms with E-state index in [1.165, 1.54) is 31.7 Å². The van der Waals surface area contributed by atoms with Crippen LogP contribution in [-0.4, -0.2) is 40.6 Å². The number of rotatable bonds is 6. The molecule has 2 unspecified atom stereocenters. The summed E-state index contributed by atoms with van der Waals surface area (Å²) in [6, 6.07) is 0. The summed E-state index contributed by atoms with van der Waals surface area (Å²) in [6.07, 6.45) is 5.29. The Kier molecular flexibility index (Phi) is 4.99. The fourth-order valence-electron chi connectivity index (χ4n) is 3.15. The number of aromatic nitrogens is 2. The summed E-state index contributed by atoms with van der Waals surface area (Å²) >= 11 is 0. The second-order valence-corrected chi connectivity index (χ2v) is 6.11. The van der Waals surface area contributed by atoms with Crippen LogP contribution >= 0.6 is 0 Å². The van der Waals surface area contributed by atoms with Crippen LogP contribution in [0.25, 0.3) is 0 Å². The van der Waals surface area contributed by atoms with Crippen LogP contribution in [0.4, 0.5) is 0 Å². The van der Waals surface area contributed by atoms with Gasteiger partial charge in [-0.1, -0.05) is 20.8 Å². The highest BCUT2D eigenvalue weighted by Gasteiger charge is 2.24. The molecule has 19 heavy (non-hydrogen) atoms. The van der Waals surface area contributed by atoms with E-state index in [4.69, 9.17) is 5.73 Å². The van der Waals surface area contributed by atoms with E-state index in [-0.39, 0.29) is 0 Å². The third-order valence-electron chi connectivity index (χ3n) is 4.46. The standard InChI is InChI=1S/C15H28N4/c1-4-18-6-5-13(9-18)10-19-11-17-8-15(19)14(7-16)12(2)3/h8,11-14H,4-7,9-10,16H2,1-3H3. The van der Waals surface area contributed by atoms with Crippen LogP contribution in [0.1, 0.15) is 38.8 Å². The van der Waals surface area contributed by atoms with Crippen molar-refractivity contribution >= 4 is 0 Å². The minimum atomic E-state index is 0.422. The number of imidazole rings is 1. The minimum Gasteiger partial charge on any atom is -0.334 e. The lowest BCUT2D eigenvalue weighted by molar-refractivity contribution is 0.330. The lowest BCUT2D eigenvalue weighted by atomic mass is 9.92. The molecule has 0 aliphatic carbocycles. The third kappa shape index (κ3) is 3.37. The largest absolute Gasteiger partial charge is 0.334 e. The highest BCUT2D eigenvalue weighted by atomic mass is 15.2. The first-order valence-corrected chi connectivity index (χ1v) is 7.58. The second-order valence-electron chi connectivity index (χ2n) is 6.11. The van der Waals surface area contributed by atoms with Crippen molar-refractivity contribution in [1.82, 2.24) is 14.5 Å². The van der Waals surface area contributed by atoms with Gasteiger partial charge in [-0.15, -0.1) is 0 Å². The first-order chi connectivity index (χ1) is 9.15. The van der Waals surface area contributed by atoms with Crippen LogP contribution in [0.15, 0.2) is 12.5 Å².